The smallest absolute Gasteiger partial charge is 0.159 e. The summed E-state index contributed by atoms with van der Waals surface area (Å²) < 4.78 is 31.2. The number of fused-ring (bicyclic) bond motifs is 1. The highest BCUT2D eigenvalue weighted by atomic mass is 32.2. The molecule has 9 nitrogen and oxygen atoms in total. The fourth-order valence-electron chi connectivity index (χ4n) is 5.16. The van der Waals surface area contributed by atoms with Gasteiger partial charge in [-0.15, -0.1) is 0 Å². The third-order valence-electron chi connectivity index (χ3n) is 7.20. The summed E-state index contributed by atoms with van der Waals surface area (Å²) in [6.07, 6.45) is 9.72. The second-order valence-corrected chi connectivity index (χ2v) is 11.5. The number of aryl methyl sites for hydroxylation is 1. The lowest BCUT2D eigenvalue weighted by Crippen LogP contribution is -2.36. The van der Waals surface area contributed by atoms with Gasteiger partial charge in [-0.05, 0) is 45.4 Å². The predicted molar refractivity (Wildman–Crippen MR) is 123 cm³/mol. The summed E-state index contributed by atoms with van der Waals surface area (Å²) in [7, 11) is -1.15. The molecule has 174 valence electrons. The van der Waals surface area contributed by atoms with Crippen LogP contribution in [0.3, 0.4) is 0 Å². The van der Waals surface area contributed by atoms with E-state index in [1.807, 2.05) is 24.0 Å². The number of oxime groups is 1. The number of hydrogen-bond acceptors (Lipinski definition) is 8. The van der Waals surface area contributed by atoms with Gasteiger partial charge in [-0.3, -0.25) is 0 Å². The summed E-state index contributed by atoms with van der Waals surface area (Å²) in [6.45, 7) is 2.76. The van der Waals surface area contributed by atoms with Crippen molar-refractivity contribution in [3.8, 4) is 0 Å². The van der Waals surface area contributed by atoms with E-state index in [9.17, 15) is 8.42 Å². The maximum absolute atomic E-state index is 11.9. The molecule has 2 aliphatic heterocycles. The van der Waals surface area contributed by atoms with E-state index < -0.39 is 9.84 Å². The molecule has 4 heterocycles. The molecule has 1 N–H and O–H groups in total. The van der Waals surface area contributed by atoms with Gasteiger partial charge in [0.25, 0.3) is 0 Å². The molecule has 1 saturated heterocycles. The van der Waals surface area contributed by atoms with Crippen LogP contribution >= 0.6 is 0 Å². The first-order valence-electron chi connectivity index (χ1n) is 11.5. The standard InChI is InChI=1S/C22H31N5O4S/c1-3-27-21-18(14-24-27)20(25-15-6-10-32(28,29)11-7-15)17(13-23-21)19-12-22(31-26-19)8-4-16(30-2)5-9-22/h13-16H,3-12H2,1-2H3,(H,23,25). The van der Waals surface area contributed by atoms with E-state index in [1.54, 1.807) is 7.11 Å². The molecule has 1 aliphatic carbocycles. The first-order chi connectivity index (χ1) is 15.4. The van der Waals surface area contributed by atoms with Gasteiger partial charge in [-0.2, -0.15) is 5.10 Å². The van der Waals surface area contributed by atoms with E-state index in [2.05, 4.69) is 15.6 Å². The van der Waals surface area contributed by atoms with Gasteiger partial charge < -0.3 is 14.9 Å². The van der Waals surface area contributed by atoms with Crippen LogP contribution in [0.2, 0.25) is 0 Å². The minimum absolute atomic E-state index is 0.0851. The summed E-state index contributed by atoms with van der Waals surface area (Å²) in [5.74, 6) is 0.437. The van der Waals surface area contributed by atoms with Crippen molar-refractivity contribution in [2.24, 2.45) is 5.16 Å². The molecule has 0 amide bonds. The quantitative estimate of drug-likeness (QED) is 0.729. The van der Waals surface area contributed by atoms with Crippen LogP contribution in [0.25, 0.3) is 11.0 Å². The van der Waals surface area contributed by atoms with Crippen molar-refractivity contribution in [1.29, 1.82) is 0 Å². The monoisotopic (exact) mass is 461 g/mol. The maximum Gasteiger partial charge on any atom is 0.159 e. The lowest BCUT2D eigenvalue weighted by Gasteiger charge is -2.34. The molecule has 2 fully saturated rings. The van der Waals surface area contributed by atoms with E-state index in [0.717, 1.165) is 66.6 Å². The normalized spacial score (nSPS) is 23.4. The SMILES string of the molecule is CCn1ncc2c(NC3CCS(=O)(=O)CC3)c(C3=NOC4(CCC(OC)CC4)C3)cnc21. The zero-order valence-corrected chi connectivity index (χ0v) is 19.5. The molecular formula is C22H31N5O4S. The van der Waals surface area contributed by atoms with Crippen molar-refractivity contribution in [2.45, 2.75) is 76.2 Å². The summed E-state index contributed by atoms with van der Waals surface area (Å²) in [4.78, 5) is 10.7. The molecule has 1 saturated carbocycles. The van der Waals surface area contributed by atoms with Crippen molar-refractivity contribution in [3.63, 3.8) is 0 Å². The number of aromatic nitrogens is 3. The lowest BCUT2D eigenvalue weighted by atomic mass is 9.79. The van der Waals surface area contributed by atoms with Crippen molar-refractivity contribution in [3.05, 3.63) is 18.0 Å². The second kappa shape index (κ2) is 8.30. The summed E-state index contributed by atoms with van der Waals surface area (Å²) in [5, 5.41) is 13.6. The van der Waals surface area contributed by atoms with Crippen LogP contribution in [0.1, 0.15) is 57.4 Å². The third kappa shape index (κ3) is 3.98. The largest absolute Gasteiger partial charge is 0.389 e. The molecule has 3 aliphatic rings. The number of nitrogens with one attached hydrogen (secondary N) is 1. The van der Waals surface area contributed by atoms with Gasteiger partial charge in [0.1, 0.15) is 15.4 Å². The summed E-state index contributed by atoms with van der Waals surface area (Å²) in [6, 6.07) is 0.0851. The Labute approximate surface area is 188 Å². The molecule has 1 spiro atoms. The zero-order valence-electron chi connectivity index (χ0n) is 18.7. The van der Waals surface area contributed by atoms with Gasteiger partial charge in [0, 0.05) is 37.9 Å². The number of methoxy groups -OCH3 is 1. The van der Waals surface area contributed by atoms with E-state index >= 15 is 0 Å². The Morgan fingerprint density at radius 2 is 1.97 bits per heavy atom. The number of pyridine rings is 1. The van der Waals surface area contributed by atoms with Crippen molar-refractivity contribution in [1.82, 2.24) is 14.8 Å². The summed E-state index contributed by atoms with van der Waals surface area (Å²) >= 11 is 0. The number of hydrogen-bond donors (Lipinski definition) is 1. The highest BCUT2D eigenvalue weighted by Gasteiger charge is 2.43. The zero-order chi connectivity index (χ0) is 22.3. The van der Waals surface area contributed by atoms with Crippen molar-refractivity contribution < 1.29 is 18.0 Å². The lowest BCUT2D eigenvalue weighted by molar-refractivity contribution is -0.0744. The van der Waals surface area contributed by atoms with Gasteiger partial charge in [-0.25, -0.2) is 18.1 Å². The van der Waals surface area contributed by atoms with E-state index in [4.69, 9.17) is 14.6 Å². The first kappa shape index (κ1) is 21.6. The van der Waals surface area contributed by atoms with Gasteiger partial charge in [0.2, 0.25) is 0 Å². The van der Waals surface area contributed by atoms with Crippen LogP contribution < -0.4 is 5.32 Å². The fourth-order valence-corrected chi connectivity index (χ4v) is 6.65. The van der Waals surface area contributed by atoms with Crippen LogP contribution in [-0.2, 0) is 26.0 Å². The maximum atomic E-state index is 11.9. The van der Waals surface area contributed by atoms with E-state index in [0.29, 0.717) is 18.9 Å². The van der Waals surface area contributed by atoms with Crippen LogP contribution in [-0.4, -0.2) is 65.3 Å². The number of rotatable bonds is 5. The van der Waals surface area contributed by atoms with Gasteiger partial charge in [0.05, 0.1) is 40.6 Å². The Morgan fingerprint density at radius 3 is 2.66 bits per heavy atom. The van der Waals surface area contributed by atoms with Crippen LogP contribution in [0.5, 0.6) is 0 Å². The molecule has 5 rings (SSSR count). The number of ether oxygens (including phenoxy) is 1. The van der Waals surface area contributed by atoms with Crippen LogP contribution in [0, 0.1) is 0 Å². The second-order valence-electron chi connectivity index (χ2n) is 9.24. The average molecular weight is 462 g/mol. The molecule has 0 radical (unpaired) electrons. The molecular weight excluding hydrogens is 430 g/mol. The molecule has 2 aromatic rings. The highest BCUT2D eigenvalue weighted by molar-refractivity contribution is 7.91. The average Bonchev–Trinajstić information content (AvgIpc) is 3.40. The molecule has 2 aromatic heterocycles. The van der Waals surface area contributed by atoms with Gasteiger partial charge >= 0.3 is 0 Å². The molecule has 0 bridgehead atoms. The minimum atomic E-state index is -2.92. The Kier molecular flexibility index (Phi) is 5.61. The van der Waals surface area contributed by atoms with Gasteiger partial charge in [0.15, 0.2) is 5.65 Å². The number of sulfone groups is 1. The fraction of sp³-hybridized carbons (Fsp3) is 0.682. The predicted octanol–water partition coefficient (Wildman–Crippen LogP) is 2.89. The Hall–Kier alpha value is -2.20. The Bertz CT molecular complexity index is 1120. The first-order valence-corrected chi connectivity index (χ1v) is 13.3. The van der Waals surface area contributed by atoms with E-state index in [1.165, 1.54) is 0 Å². The third-order valence-corrected chi connectivity index (χ3v) is 8.91. The summed E-state index contributed by atoms with van der Waals surface area (Å²) in [5.41, 5.74) is 3.31. The molecule has 0 atom stereocenters. The topological polar surface area (TPSA) is 108 Å². The minimum Gasteiger partial charge on any atom is -0.389 e. The highest BCUT2D eigenvalue weighted by Crippen LogP contribution is 2.42. The van der Waals surface area contributed by atoms with E-state index in [-0.39, 0.29) is 23.1 Å². The Morgan fingerprint density at radius 1 is 1.22 bits per heavy atom. The van der Waals surface area contributed by atoms with Crippen molar-refractivity contribution >= 4 is 32.3 Å². The van der Waals surface area contributed by atoms with Crippen LogP contribution in [0.4, 0.5) is 5.69 Å². The molecule has 32 heavy (non-hydrogen) atoms. The van der Waals surface area contributed by atoms with Gasteiger partial charge in [-0.1, -0.05) is 5.16 Å². The molecule has 10 heteroatoms. The molecule has 0 unspecified atom stereocenters. The Balaban J connectivity index is 1.45. The van der Waals surface area contributed by atoms with Crippen LogP contribution in [0.15, 0.2) is 17.5 Å². The number of nitrogens with zero attached hydrogens (tertiary/aromatic N) is 4. The van der Waals surface area contributed by atoms with Crippen molar-refractivity contribution in [2.75, 3.05) is 23.9 Å². The number of anilines is 1. The molecule has 0 aromatic carbocycles.